The number of carboxylic acid groups (broad SMARTS) is 1. The molecular formula is C20H21NO6S. The number of benzene rings is 1. The van der Waals surface area contributed by atoms with E-state index in [1.165, 1.54) is 12.1 Å². The summed E-state index contributed by atoms with van der Waals surface area (Å²) in [4.78, 5) is 24.1. The van der Waals surface area contributed by atoms with Gasteiger partial charge < -0.3 is 15.5 Å². The van der Waals surface area contributed by atoms with Gasteiger partial charge >= 0.3 is 5.97 Å². The van der Waals surface area contributed by atoms with Crippen LogP contribution in [0.3, 0.4) is 0 Å². The predicted molar refractivity (Wildman–Crippen MR) is 103 cm³/mol. The van der Waals surface area contributed by atoms with Crippen molar-refractivity contribution in [2.24, 2.45) is 5.41 Å². The molecule has 7 nitrogen and oxygen atoms in total. The monoisotopic (exact) mass is 403 g/mol. The lowest BCUT2D eigenvalue weighted by atomic mass is 9.80. The molecule has 148 valence electrons. The van der Waals surface area contributed by atoms with Gasteiger partial charge in [-0.2, -0.15) is 0 Å². The first-order valence-electron chi connectivity index (χ1n) is 8.67. The molecule has 0 aliphatic carbocycles. The van der Waals surface area contributed by atoms with E-state index in [2.05, 4.69) is 29.0 Å². The van der Waals surface area contributed by atoms with Gasteiger partial charge in [0.25, 0.3) is 5.91 Å². The average Bonchev–Trinajstić information content (AvgIpc) is 2.63. The van der Waals surface area contributed by atoms with Gasteiger partial charge in [0.1, 0.15) is 6.04 Å². The molecule has 2 rings (SSSR count). The maximum absolute atomic E-state index is 12.5. The molecule has 1 aliphatic heterocycles. The SMILES string of the molecule is CCC1([C@H](NC(=O)c2ccc(C#CC#CCCO)cc2)C(=O)O)CS(=O)(=O)C1. The van der Waals surface area contributed by atoms with Crippen LogP contribution in [0, 0.1) is 29.1 Å². The summed E-state index contributed by atoms with van der Waals surface area (Å²) >= 11 is 0. The Labute approximate surface area is 164 Å². The van der Waals surface area contributed by atoms with E-state index in [-0.39, 0.29) is 23.7 Å². The zero-order valence-corrected chi connectivity index (χ0v) is 16.2. The second kappa shape index (κ2) is 8.92. The molecule has 1 saturated heterocycles. The Morgan fingerprint density at radius 2 is 1.86 bits per heavy atom. The van der Waals surface area contributed by atoms with Gasteiger partial charge in [-0.25, -0.2) is 13.2 Å². The van der Waals surface area contributed by atoms with E-state index >= 15 is 0 Å². The van der Waals surface area contributed by atoms with Gasteiger partial charge in [0, 0.05) is 23.0 Å². The highest BCUT2D eigenvalue weighted by atomic mass is 32.2. The van der Waals surface area contributed by atoms with E-state index in [1.807, 2.05) is 0 Å². The summed E-state index contributed by atoms with van der Waals surface area (Å²) < 4.78 is 23.2. The van der Waals surface area contributed by atoms with Crippen LogP contribution in [0.2, 0.25) is 0 Å². The Balaban J connectivity index is 2.10. The Morgan fingerprint density at radius 1 is 1.21 bits per heavy atom. The third kappa shape index (κ3) is 5.13. The lowest BCUT2D eigenvalue weighted by Gasteiger charge is -2.44. The Hall–Kier alpha value is -2.81. The van der Waals surface area contributed by atoms with Crippen LogP contribution in [0.25, 0.3) is 0 Å². The highest BCUT2D eigenvalue weighted by Crippen LogP contribution is 2.39. The third-order valence-corrected chi connectivity index (χ3v) is 6.62. The number of nitrogens with one attached hydrogen (secondary N) is 1. The topological polar surface area (TPSA) is 121 Å². The molecular weight excluding hydrogens is 382 g/mol. The van der Waals surface area contributed by atoms with Gasteiger partial charge in [-0.3, -0.25) is 4.79 Å². The first kappa shape index (κ1) is 21.5. The summed E-state index contributed by atoms with van der Waals surface area (Å²) in [7, 11) is -3.26. The number of carbonyl (C=O) groups is 2. The Morgan fingerprint density at radius 3 is 2.36 bits per heavy atom. The van der Waals surface area contributed by atoms with Crippen molar-refractivity contribution in [3.05, 3.63) is 35.4 Å². The van der Waals surface area contributed by atoms with Crippen LogP contribution < -0.4 is 5.32 Å². The maximum Gasteiger partial charge on any atom is 0.326 e. The predicted octanol–water partition coefficient (Wildman–Crippen LogP) is 0.432. The highest BCUT2D eigenvalue weighted by molar-refractivity contribution is 7.92. The molecule has 1 atom stereocenters. The van der Waals surface area contributed by atoms with E-state index in [9.17, 15) is 23.1 Å². The molecule has 1 amide bonds. The lowest BCUT2D eigenvalue weighted by Crippen LogP contribution is -2.63. The minimum Gasteiger partial charge on any atom is -0.480 e. The van der Waals surface area contributed by atoms with Gasteiger partial charge in [0.05, 0.1) is 18.1 Å². The normalized spacial score (nSPS) is 16.9. The number of aliphatic carboxylic acids is 1. The van der Waals surface area contributed by atoms with Crippen molar-refractivity contribution in [1.82, 2.24) is 5.32 Å². The van der Waals surface area contributed by atoms with E-state index < -0.39 is 33.2 Å². The zero-order valence-electron chi connectivity index (χ0n) is 15.4. The molecule has 8 heteroatoms. The van der Waals surface area contributed by atoms with Crippen LogP contribution in [-0.4, -0.2) is 54.7 Å². The number of carboxylic acids is 1. The number of amides is 1. The van der Waals surface area contributed by atoms with Gasteiger partial charge in [-0.05, 0) is 42.5 Å². The number of rotatable bonds is 6. The fraction of sp³-hybridized carbons (Fsp3) is 0.400. The number of hydrogen-bond donors (Lipinski definition) is 3. The van der Waals surface area contributed by atoms with Crippen molar-refractivity contribution in [3.8, 4) is 23.7 Å². The molecule has 0 unspecified atom stereocenters. The molecule has 1 aromatic carbocycles. The minimum atomic E-state index is -3.26. The summed E-state index contributed by atoms with van der Waals surface area (Å²) in [6, 6.07) is 4.95. The number of carbonyl (C=O) groups excluding carboxylic acids is 1. The Bertz CT molecular complexity index is 961. The van der Waals surface area contributed by atoms with Crippen molar-refractivity contribution >= 4 is 21.7 Å². The van der Waals surface area contributed by atoms with Crippen molar-refractivity contribution in [1.29, 1.82) is 0 Å². The number of sulfone groups is 1. The van der Waals surface area contributed by atoms with Crippen LogP contribution in [0.4, 0.5) is 0 Å². The molecule has 1 aromatic rings. The summed E-state index contributed by atoms with van der Waals surface area (Å²) in [6.07, 6.45) is 0.675. The first-order valence-corrected chi connectivity index (χ1v) is 10.5. The van der Waals surface area contributed by atoms with Crippen LogP contribution in [-0.2, 0) is 14.6 Å². The summed E-state index contributed by atoms with van der Waals surface area (Å²) in [5.74, 6) is 8.33. The second-order valence-corrected chi connectivity index (χ2v) is 8.66. The largest absolute Gasteiger partial charge is 0.480 e. The van der Waals surface area contributed by atoms with Crippen LogP contribution in [0.5, 0.6) is 0 Å². The van der Waals surface area contributed by atoms with Gasteiger partial charge in [0.15, 0.2) is 9.84 Å². The van der Waals surface area contributed by atoms with Crippen molar-refractivity contribution in [3.63, 3.8) is 0 Å². The second-order valence-electron chi connectivity index (χ2n) is 6.60. The molecule has 0 saturated carbocycles. The van der Waals surface area contributed by atoms with Gasteiger partial charge in [-0.1, -0.05) is 18.8 Å². The molecule has 3 N–H and O–H groups in total. The maximum atomic E-state index is 12.5. The summed E-state index contributed by atoms with van der Waals surface area (Å²) in [5.41, 5.74) is -0.116. The molecule has 0 aromatic heterocycles. The molecule has 1 heterocycles. The van der Waals surface area contributed by atoms with E-state index in [0.29, 0.717) is 18.4 Å². The third-order valence-electron chi connectivity index (χ3n) is 4.60. The van der Waals surface area contributed by atoms with Gasteiger partial charge in [-0.15, -0.1) is 0 Å². The van der Waals surface area contributed by atoms with Crippen molar-refractivity contribution in [2.45, 2.75) is 25.8 Å². The first-order chi connectivity index (χ1) is 13.2. The molecule has 1 aliphatic rings. The zero-order chi connectivity index (χ0) is 20.8. The minimum absolute atomic E-state index is 0.0267. The average molecular weight is 403 g/mol. The Kier molecular flexibility index (Phi) is 6.85. The molecule has 1 fully saturated rings. The fourth-order valence-corrected chi connectivity index (χ4v) is 5.48. The van der Waals surface area contributed by atoms with E-state index in [1.54, 1.807) is 19.1 Å². The quantitative estimate of drug-likeness (QED) is 0.593. The number of aliphatic hydroxyl groups excluding tert-OH is 1. The number of aliphatic hydroxyl groups is 1. The molecule has 0 spiro atoms. The molecule has 0 bridgehead atoms. The van der Waals surface area contributed by atoms with E-state index in [0.717, 1.165) is 0 Å². The molecule has 0 radical (unpaired) electrons. The van der Waals surface area contributed by atoms with Crippen LogP contribution >= 0.6 is 0 Å². The van der Waals surface area contributed by atoms with E-state index in [4.69, 9.17) is 5.11 Å². The van der Waals surface area contributed by atoms with Gasteiger partial charge in [0.2, 0.25) is 0 Å². The van der Waals surface area contributed by atoms with Crippen LogP contribution in [0.15, 0.2) is 24.3 Å². The molecule has 28 heavy (non-hydrogen) atoms. The van der Waals surface area contributed by atoms with Crippen molar-refractivity contribution in [2.75, 3.05) is 18.1 Å². The standard InChI is InChI=1S/C20H21NO6S/c1-2-20(13-28(26,27)14-20)17(19(24)25)21-18(23)16-10-8-15(9-11-16)7-5-3-4-6-12-22/h8-11,17,22H,2,6,12-14H2,1H3,(H,21,23)(H,24,25)/t17-/m1/s1. The lowest BCUT2D eigenvalue weighted by molar-refractivity contribution is -0.142. The smallest absolute Gasteiger partial charge is 0.326 e. The fourth-order valence-electron chi connectivity index (χ4n) is 3.07. The highest BCUT2D eigenvalue weighted by Gasteiger charge is 2.55. The van der Waals surface area contributed by atoms with Crippen LogP contribution in [0.1, 0.15) is 35.7 Å². The summed E-state index contributed by atoms with van der Waals surface area (Å²) in [6.45, 7) is 1.69. The number of hydrogen-bond acceptors (Lipinski definition) is 5. The van der Waals surface area contributed by atoms with Crippen molar-refractivity contribution < 1.29 is 28.2 Å². The summed E-state index contributed by atoms with van der Waals surface area (Å²) in [5, 5.41) is 20.6.